The fraction of sp³-hybridized carbons (Fsp3) is 0.378. The number of hydrogen-bond donors (Lipinski definition) is 1. The third-order valence-corrected chi connectivity index (χ3v) is 16.0. The van der Waals surface area contributed by atoms with Crippen LogP contribution in [0, 0.1) is 5.92 Å². The SMILES string of the molecule is CC(C)C[C@@H](CO[Si](c1ccccc1)(c1ccccc1)C(C)(C)C)N(C)S(=O)(=O)c1ccc(CN2c3ccncc3NC2C)cc1. The van der Waals surface area contributed by atoms with Crippen LogP contribution in [0.3, 0.4) is 0 Å². The molecule has 0 radical (unpaired) electrons. The molecule has 0 saturated heterocycles. The molecule has 0 bridgehead atoms. The molecule has 1 aromatic heterocycles. The zero-order valence-corrected chi connectivity index (χ0v) is 30.0. The monoisotopic (exact) mass is 656 g/mol. The maximum atomic E-state index is 14.1. The van der Waals surface area contributed by atoms with E-state index in [0.717, 1.165) is 16.9 Å². The predicted molar refractivity (Wildman–Crippen MR) is 192 cm³/mol. The number of sulfonamides is 1. The fourth-order valence-corrected chi connectivity index (χ4v) is 12.6. The van der Waals surface area contributed by atoms with Crippen LogP contribution < -0.4 is 20.6 Å². The summed E-state index contributed by atoms with van der Waals surface area (Å²) in [5.41, 5.74) is 3.14. The summed E-state index contributed by atoms with van der Waals surface area (Å²) in [7, 11) is -4.92. The second kappa shape index (κ2) is 13.7. The van der Waals surface area contributed by atoms with E-state index in [1.165, 1.54) is 14.7 Å². The third-order valence-electron chi connectivity index (χ3n) is 9.06. The Balaban J connectivity index is 1.41. The van der Waals surface area contributed by atoms with Gasteiger partial charge in [-0.1, -0.05) is 107 Å². The number of benzene rings is 3. The van der Waals surface area contributed by atoms with Crippen molar-refractivity contribution in [2.45, 2.75) is 76.6 Å². The van der Waals surface area contributed by atoms with Gasteiger partial charge < -0.3 is 14.6 Å². The van der Waals surface area contributed by atoms with Gasteiger partial charge in [0.05, 0.1) is 35.2 Å². The number of nitrogens with zero attached hydrogens (tertiary/aromatic N) is 3. The Bertz CT molecular complexity index is 1650. The Kier molecular flexibility index (Phi) is 10.1. The molecule has 1 N–H and O–H groups in total. The van der Waals surface area contributed by atoms with Crippen LogP contribution in [0.15, 0.2) is 108 Å². The summed E-state index contributed by atoms with van der Waals surface area (Å²) in [4.78, 5) is 6.77. The minimum Gasteiger partial charge on any atom is -0.406 e. The fourth-order valence-electron chi connectivity index (χ4n) is 6.66. The van der Waals surface area contributed by atoms with E-state index >= 15 is 0 Å². The van der Waals surface area contributed by atoms with Crippen LogP contribution in [0.25, 0.3) is 0 Å². The van der Waals surface area contributed by atoms with Crippen LogP contribution in [0.4, 0.5) is 11.4 Å². The lowest BCUT2D eigenvalue weighted by Crippen LogP contribution is -2.67. The third kappa shape index (κ3) is 6.78. The number of nitrogens with one attached hydrogen (secondary N) is 1. The summed E-state index contributed by atoms with van der Waals surface area (Å²) in [6.45, 7) is 14.1. The molecule has 2 heterocycles. The highest BCUT2D eigenvalue weighted by molar-refractivity contribution is 7.89. The van der Waals surface area contributed by atoms with Crippen molar-refractivity contribution < 1.29 is 12.8 Å². The highest BCUT2D eigenvalue weighted by Gasteiger charge is 2.50. The largest absolute Gasteiger partial charge is 0.406 e. The standard InChI is InChI=1S/C37H48N4O3SSi/c1-28(2)24-31(27-44-46(37(4,5)6,33-14-10-8-11-15-33)34-16-12-9-13-17-34)40(7)45(42,43)32-20-18-30(19-21-32)26-41-29(3)39-35-25-38-23-22-36(35)41/h8-23,25,28-29,31,39H,24,26-27H2,1-7H3/t29?,31-/m0/s1. The van der Waals surface area contributed by atoms with Crippen LogP contribution >= 0.6 is 0 Å². The van der Waals surface area contributed by atoms with Gasteiger partial charge in [0.1, 0.15) is 0 Å². The molecule has 1 aliphatic heterocycles. The number of likely N-dealkylation sites (N-methyl/N-ethyl adjacent to an activating group) is 1. The van der Waals surface area contributed by atoms with Gasteiger partial charge in [-0.05, 0) is 58.4 Å². The zero-order valence-electron chi connectivity index (χ0n) is 28.1. The lowest BCUT2D eigenvalue weighted by atomic mass is 10.1. The van der Waals surface area contributed by atoms with Gasteiger partial charge in [-0.25, -0.2) is 8.42 Å². The normalized spacial score (nSPS) is 16.0. The van der Waals surface area contributed by atoms with Gasteiger partial charge in [0.2, 0.25) is 10.0 Å². The minimum atomic E-state index is -3.79. The Labute approximate surface area is 276 Å². The molecule has 0 spiro atoms. The smallest absolute Gasteiger partial charge is 0.261 e. The van der Waals surface area contributed by atoms with Crippen molar-refractivity contribution in [3.63, 3.8) is 0 Å². The quantitative estimate of drug-likeness (QED) is 0.176. The van der Waals surface area contributed by atoms with Crippen LogP contribution in [0.5, 0.6) is 0 Å². The summed E-state index contributed by atoms with van der Waals surface area (Å²) in [6.07, 6.45) is 4.42. The predicted octanol–water partition coefficient (Wildman–Crippen LogP) is 6.47. The molecular weight excluding hydrogens is 609 g/mol. The van der Waals surface area contributed by atoms with Gasteiger partial charge in [0, 0.05) is 25.8 Å². The van der Waals surface area contributed by atoms with Gasteiger partial charge in [-0.3, -0.25) is 4.98 Å². The molecule has 0 amide bonds. The summed E-state index contributed by atoms with van der Waals surface area (Å²) < 4.78 is 37.1. The first kappa shape index (κ1) is 33.8. The second-order valence-corrected chi connectivity index (χ2v) is 20.1. The second-order valence-electron chi connectivity index (χ2n) is 13.8. The van der Waals surface area contributed by atoms with Crippen molar-refractivity contribution in [3.8, 4) is 0 Å². The highest BCUT2D eigenvalue weighted by atomic mass is 32.2. The molecular formula is C37H48N4O3SSi. The Morgan fingerprint density at radius 3 is 2.07 bits per heavy atom. The zero-order chi connectivity index (χ0) is 33.1. The Morgan fingerprint density at radius 1 is 0.935 bits per heavy atom. The summed E-state index contributed by atoms with van der Waals surface area (Å²) in [6, 6.07) is 30.0. The Morgan fingerprint density at radius 2 is 1.52 bits per heavy atom. The lowest BCUT2D eigenvalue weighted by molar-refractivity contribution is 0.191. The first-order chi connectivity index (χ1) is 21.8. The van der Waals surface area contributed by atoms with E-state index in [2.05, 4.69) is 105 Å². The lowest BCUT2D eigenvalue weighted by Gasteiger charge is -2.44. The molecule has 244 valence electrons. The highest BCUT2D eigenvalue weighted by Crippen LogP contribution is 2.38. The van der Waals surface area contributed by atoms with Gasteiger partial charge >= 0.3 is 0 Å². The van der Waals surface area contributed by atoms with Crippen molar-refractivity contribution >= 4 is 40.1 Å². The minimum absolute atomic E-state index is 0.112. The summed E-state index contributed by atoms with van der Waals surface area (Å²) in [5.74, 6) is 0.280. The van der Waals surface area contributed by atoms with Crippen molar-refractivity contribution in [2.24, 2.45) is 5.92 Å². The van der Waals surface area contributed by atoms with E-state index in [1.54, 1.807) is 25.4 Å². The van der Waals surface area contributed by atoms with E-state index in [9.17, 15) is 8.42 Å². The number of fused-ring (bicyclic) bond motifs is 1. The molecule has 0 aliphatic carbocycles. The van der Waals surface area contributed by atoms with Crippen LogP contribution in [-0.4, -0.2) is 51.9 Å². The van der Waals surface area contributed by atoms with Crippen molar-refractivity contribution in [1.29, 1.82) is 0 Å². The van der Waals surface area contributed by atoms with Crippen LogP contribution in [0.2, 0.25) is 5.04 Å². The molecule has 4 aromatic rings. The molecule has 0 fully saturated rings. The molecule has 5 rings (SSSR count). The number of anilines is 2. The van der Waals surface area contributed by atoms with Crippen LogP contribution in [-0.2, 0) is 21.0 Å². The van der Waals surface area contributed by atoms with Gasteiger partial charge in [-0.15, -0.1) is 0 Å². The molecule has 0 saturated carbocycles. The number of pyridine rings is 1. The molecule has 1 unspecified atom stereocenters. The van der Waals surface area contributed by atoms with Crippen LogP contribution in [0.1, 0.15) is 53.5 Å². The topological polar surface area (TPSA) is 74.8 Å². The van der Waals surface area contributed by atoms with Gasteiger partial charge in [0.25, 0.3) is 8.32 Å². The van der Waals surface area contributed by atoms with E-state index in [0.29, 0.717) is 19.6 Å². The first-order valence-corrected chi connectivity index (χ1v) is 19.5. The van der Waals surface area contributed by atoms with E-state index in [-0.39, 0.29) is 28.1 Å². The number of hydrogen-bond acceptors (Lipinski definition) is 6. The molecule has 7 nitrogen and oxygen atoms in total. The summed E-state index contributed by atoms with van der Waals surface area (Å²) in [5, 5.41) is 5.61. The molecule has 2 atom stereocenters. The molecule has 9 heteroatoms. The van der Waals surface area contributed by atoms with Crippen molar-refractivity contribution in [3.05, 3.63) is 109 Å². The van der Waals surface area contributed by atoms with Gasteiger partial charge in [-0.2, -0.15) is 4.31 Å². The maximum Gasteiger partial charge on any atom is 0.261 e. The summed E-state index contributed by atoms with van der Waals surface area (Å²) >= 11 is 0. The van der Waals surface area contributed by atoms with E-state index in [1.807, 2.05) is 36.5 Å². The Hall–Kier alpha value is -3.50. The van der Waals surface area contributed by atoms with E-state index in [4.69, 9.17) is 4.43 Å². The van der Waals surface area contributed by atoms with E-state index < -0.39 is 18.3 Å². The number of aromatic nitrogens is 1. The van der Waals surface area contributed by atoms with Gasteiger partial charge in [0.15, 0.2) is 0 Å². The molecule has 1 aliphatic rings. The maximum absolute atomic E-state index is 14.1. The molecule has 3 aromatic carbocycles. The average Bonchev–Trinajstić information content (AvgIpc) is 3.35. The number of rotatable bonds is 12. The van der Waals surface area contributed by atoms with Crippen molar-refractivity contribution in [2.75, 3.05) is 23.9 Å². The average molecular weight is 657 g/mol. The molecule has 46 heavy (non-hydrogen) atoms. The first-order valence-electron chi connectivity index (χ1n) is 16.1. The van der Waals surface area contributed by atoms with Crippen molar-refractivity contribution in [1.82, 2.24) is 9.29 Å².